The summed E-state index contributed by atoms with van der Waals surface area (Å²) in [7, 11) is 0. The number of nitrogens with zero attached hydrogens (tertiary/aromatic N) is 2. The summed E-state index contributed by atoms with van der Waals surface area (Å²) < 4.78 is 10.8. The van der Waals surface area contributed by atoms with Crippen LogP contribution in [-0.4, -0.2) is 66.7 Å². The van der Waals surface area contributed by atoms with Gasteiger partial charge in [-0.2, -0.15) is 0 Å². The molecule has 1 aromatic rings. The predicted molar refractivity (Wildman–Crippen MR) is 83.6 cm³/mol. The summed E-state index contributed by atoms with van der Waals surface area (Å²) in [5.41, 5.74) is 1.01. The summed E-state index contributed by atoms with van der Waals surface area (Å²) in [6.07, 6.45) is 0.0236. The molecule has 0 N–H and O–H groups in total. The minimum atomic E-state index is -0.554. The minimum Gasteiger partial charge on any atom is -0.375 e. The Morgan fingerprint density at radius 1 is 1.30 bits per heavy atom. The quantitative estimate of drug-likeness (QED) is 0.821. The molecule has 6 nitrogen and oxygen atoms in total. The van der Waals surface area contributed by atoms with Crippen LogP contribution in [0.4, 0.5) is 0 Å². The molecule has 23 heavy (non-hydrogen) atoms. The number of carbonyl (C=O) groups is 2. The van der Waals surface area contributed by atoms with Crippen molar-refractivity contribution in [3.63, 3.8) is 0 Å². The van der Waals surface area contributed by atoms with Gasteiger partial charge in [0.05, 0.1) is 19.3 Å². The van der Waals surface area contributed by atoms with E-state index in [0.717, 1.165) is 5.56 Å². The third kappa shape index (κ3) is 3.71. The summed E-state index contributed by atoms with van der Waals surface area (Å²) >= 11 is 0. The highest BCUT2D eigenvalue weighted by atomic mass is 16.5. The SMILES string of the molecule is C[C@@H]1CN(C(=O)[C@H]2COCC(=O)N2Cc2ccccc2)CCO1. The first-order valence-corrected chi connectivity index (χ1v) is 7.96. The van der Waals surface area contributed by atoms with Gasteiger partial charge < -0.3 is 19.3 Å². The molecule has 2 aliphatic heterocycles. The molecule has 2 fully saturated rings. The van der Waals surface area contributed by atoms with Crippen LogP contribution in [0.2, 0.25) is 0 Å². The first-order valence-electron chi connectivity index (χ1n) is 7.96. The normalized spacial score (nSPS) is 25.5. The van der Waals surface area contributed by atoms with Gasteiger partial charge in [0.2, 0.25) is 11.8 Å². The fourth-order valence-electron chi connectivity index (χ4n) is 3.02. The van der Waals surface area contributed by atoms with Crippen LogP contribution >= 0.6 is 0 Å². The second-order valence-corrected chi connectivity index (χ2v) is 6.00. The van der Waals surface area contributed by atoms with E-state index in [2.05, 4.69) is 0 Å². The van der Waals surface area contributed by atoms with Gasteiger partial charge >= 0.3 is 0 Å². The summed E-state index contributed by atoms with van der Waals surface area (Å²) in [5.74, 6) is -0.191. The monoisotopic (exact) mass is 318 g/mol. The van der Waals surface area contributed by atoms with E-state index >= 15 is 0 Å². The van der Waals surface area contributed by atoms with Crippen molar-refractivity contribution in [3.05, 3.63) is 35.9 Å². The van der Waals surface area contributed by atoms with E-state index in [1.165, 1.54) is 0 Å². The maximum atomic E-state index is 12.8. The molecule has 0 bridgehead atoms. The Hall–Kier alpha value is -1.92. The van der Waals surface area contributed by atoms with E-state index in [1.54, 1.807) is 9.80 Å². The van der Waals surface area contributed by atoms with E-state index in [-0.39, 0.29) is 31.1 Å². The molecule has 2 atom stereocenters. The standard InChI is InChI=1S/C17H22N2O4/c1-13-9-18(7-8-23-13)17(21)15-11-22-12-16(20)19(15)10-14-5-3-2-4-6-14/h2-6,13,15H,7-12H2,1H3/t13-,15-/m1/s1. The average Bonchev–Trinajstić information content (AvgIpc) is 2.57. The smallest absolute Gasteiger partial charge is 0.249 e. The molecule has 0 unspecified atom stereocenters. The Kier molecular flexibility index (Phi) is 4.93. The van der Waals surface area contributed by atoms with Gasteiger partial charge in [0, 0.05) is 19.6 Å². The number of carbonyl (C=O) groups excluding carboxylic acids is 2. The second kappa shape index (κ2) is 7.10. The van der Waals surface area contributed by atoms with Crippen molar-refractivity contribution in [2.45, 2.75) is 25.6 Å². The Morgan fingerprint density at radius 3 is 2.83 bits per heavy atom. The van der Waals surface area contributed by atoms with Crippen molar-refractivity contribution in [1.82, 2.24) is 9.80 Å². The molecule has 2 saturated heterocycles. The van der Waals surface area contributed by atoms with Crippen LogP contribution in [0.1, 0.15) is 12.5 Å². The number of morpholine rings is 2. The van der Waals surface area contributed by atoms with Gasteiger partial charge in [-0.15, -0.1) is 0 Å². The lowest BCUT2D eigenvalue weighted by Gasteiger charge is -2.39. The molecular weight excluding hydrogens is 296 g/mol. The van der Waals surface area contributed by atoms with Gasteiger partial charge in [-0.05, 0) is 12.5 Å². The molecule has 0 saturated carbocycles. The number of hydrogen-bond donors (Lipinski definition) is 0. The minimum absolute atomic E-state index is 0.0236. The van der Waals surface area contributed by atoms with Crippen molar-refractivity contribution < 1.29 is 19.1 Å². The fourth-order valence-corrected chi connectivity index (χ4v) is 3.02. The van der Waals surface area contributed by atoms with E-state index in [0.29, 0.717) is 26.2 Å². The lowest BCUT2D eigenvalue weighted by molar-refractivity contribution is -0.163. The molecule has 0 spiro atoms. The molecule has 2 aliphatic rings. The summed E-state index contributed by atoms with van der Waals surface area (Å²) in [6, 6.07) is 9.16. The van der Waals surface area contributed by atoms with Gasteiger partial charge in [0.25, 0.3) is 0 Å². The van der Waals surface area contributed by atoms with E-state index < -0.39 is 6.04 Å². The van der Waals surface area contributed by atoms with Gasteiger partial charge in [-0.1, -0.05) is 30.3 Å². The number of benzene rings is 1. The fraction of sp³-hybridized carbons (Fsp3) is 0.529. The maximum Gasteiger partial charge on any atom is 0.249 e. The van der Waals surface area contributed by atoms with Crippen LogP contribution in [0.15, 0.2) is 30.3 Å². The molecule has 1 aromatic carbocycles. The van der Waals surface area contributed by atoms with Crippen molar-refractivity contribution in [1.29, 1.82) is 0 Å². The van der Waals surface area contributed by atoms with E-state index in [1.807, 2.05) is 37.3 Å². The lowest BCUT2D eigenvalue weighted by atomic mass is 10.1. The summed E-state index contributed by atoms with van der Waals surface area (Å²) in [4.78, 5) is 28.5. The van der Waals surface area contributed by atoms with E-state index in [9.17, 15) is 9.59 Å². The van der Waals surface area contributed by atoms with Crippen LogP contribution in [-0.2, 0) is 25.6 Å². The van der Waals surface area contributed by atoms with Crippen LogP contribution in [0.3, 0.4) is 0 Å². The number of amides is 2. The highest BCUT2D eigenvalue weighted by Gasteiger charge is 2.37. The first kappa shape index (κ1) is 16.0. The molecule has 0 aromatic heterocycles. The van der Waals surface area contributed by atoms with Crippen molar-refractivity contribution in [2.75, 3.05) is 32.9 Å². The predicted octanol–water partition coefficient (Wildman–Crippen LogP) is 0.661. The Bertz CT molecular complexity index is 563. The summed E-state index contributed by atoms with van der Waals surface area (Å²) in [5, 5.41) is 0. The maximum absolute atomic E-state index is 12.8. The second-order valence-electron chi connectivity index (χ2n) is 6.00. The Balaban J connectivity index is 1.74. The number of ether oxygens (including phenoxy) is 2. The molecular formula is C17H22N2O4. The Labute approximate surface area is 136 Å². The summed E-state index contributed by atoms with van der Waals surface area (Å²) in [6.45, 7) is 4.32. The highest BCUT2D eigenvalue weighted by molar-refractivity contribution is 5.89. The van der Waals surface area contributed by atoms with Crippen molar-refractivity contribution >= 4 is 11.8 Å². The topological polar surface area (TPSA) is 59.1 Å². The molecule has 0 radical (unpaired) electrons. The van der Waals surface area contributed by atoms with Crippen LogP contribution < -0.4 is 0 Å². The molecule has 0 aliphatic carbocycles. The lowest BCUT2D eigenvalue weighted by Crippen LogP contribution is -2.58. The number of hydrogen-bond acceptors (Lipinski definition) is 4. The van der Waals surface area contributed by atoms with Gasteiger partial charge in [-0.3, -0.25) is 9.59 Å². The largest absolute Gasteiger partial charge is 0.375 e. The van der Waals surface area contributed by atoms with Crippen LogP contribution in [0.25, 0.3) is 0 Å². The zero-order chi connectivity index (χ0) is 16.2. The van der Waals surface area contributed by atoms with E-state index in [4.69, 9.17) is 9.47 Å². The zero-order valence-corrected chi connectivity index (χ0v) is 13.3. The number of rotatable bonds is 3. The van der Waals surface area contributed by atoms with Crippen molar-refractivity contribution in [2.24, 2.45) is 0 Å². The van der Waals surface area contributed by atoms with Crippen molar-refractivity contribution in [3.8, 4) is 0 Å². The van der Waals surface area contributed by atoms with Crippen LogP contribution in [0.5, 0.6) is 0 Å². The van der Waals surface area contributed by atoms with Gasteiger partial charge in [0.15, 0.2) is 0 Å². The zero-order valence-electron chi connectivity index (χ0n) is 13.3. The highest BCUT2D eigenvalue weighted by Crippen LogP contribution is 2.17. The molecule has 2 amide bonds. The van der Waals surface area contributed by atoms with Gasteiger partial charge in [-0.25, -0.2) is 0 Å². The molecule has 6 heteroatoms. The Morgan fingerprint density at radius 2 is 2.09 bits per heavy atom. The third-order valence-corrected chi connectivity index (χ3v) is 4.23. The van der Waals surface area contributed by atoms with Crippen LogP contribution in [0, 0.1) is 0 Å². The molecule has 124 valence electrons. The molecule has 2 heterocycles. The first-order chi connectivity index (χ1) is 11.1. The molecule has 3 rings (SSSR count). The average molecular weight is 318 g/mol. The third-order valence-electron chi connectivity index (χ3n) is 4.23. The van der Waals surface area contributed by atoms with Gasteiger partial charge in [0.1, 0.15) is 12.6 Å².